The lowest BCUT2D eigenvalue weighted by Crippen LogP contribution is -2.40. The van der Waals surface area contributed by atoms with Crippen molar-refractivity contribution in [2.24, 2.45) is 0 Å². The van der Waals surface area contributed by atoms with Gasteiger partial charge in [-0.1, -0.05) is 29.8 Å². The molecule has 0 spiro atoms. The SMILES string of the molecule is Cc1cccc(-c2ccc(C(=O)Nc3cccc(C(=O)N4CCOCC4)c3)c(=O)[nH]2)c1. The summed E-state index contributed by atoms with van der Waals surface area (Å²) in [6.07, 6.45) is 0. The van der Waals surface area contributed by atoms with Crippen LogP contribution in [0.15, 0.2) is 65.5 Å². The van der Waals surface area contributed by atoms with Crippen molar-refractivity contribution in [1.29, 1.82) is 0 Å². The highest BCUT2D eigenvalue weighted by Crippen LogP contribution is 2.18. The summed E-state index contributed by atoms with van der Waals surface area (Å²) in [4.78, 5) is 42.4. The molecule has 0 saturated carbocycles. The molecular weight excluding hydrogens is 394 g/mol. The Morgan fingerprint density at radius 3 is 2.52 bits per heavy atom. The number of benzene rings is 2. The van der Waals surface area contributed by atoms with Gasteiger partial charge in [0.15, 0.2) is 0 Å². The van der Waals surface area contributed by atoms with Crippen LogP contribution in [0.3, 0.4) is 0 Å². The maximum Gasteiger partial charge on any atom is 0.261 e. The number of rotatable bonds is 4. The summed E-state index contributed by atoms with van der Waals surface area (Å²) in [6, 6.07) is 17.7. The average molecular weight is 417 g/mol. The number of aromatic amines is 1. The summed E-state index contributed by atoms with van der Waals surface area (Å²) in [5.74, 6) is -0.646. The van der Waals surface area contributed by atoms with Crippen LogP contribution in [0.4, 0.5) is 5.69 Å². The normalized spacial score (nSPS) is 13.6. The molecule has 4 rings (SSSR count). The van der Waals surface area contributed by atoms with Crippen molar-refractivity contribution < 1.29 is 14.3 Å². The standard InChI is InChI=1S/C24H23N3O4/c1-16-4-2-5-17(14-16)21-9-8-20(23(29)26-21)22(28)25-19-7-3-6-18(15-19)24(30)27-10-12-31-13-11-27/h2-9,14-15H,10-13H2,1H3,(H,25,28)(H,26,29). The number of aromatic nitrogens is 1. The van der Waals surface area contributed by atoms with Gasteiger partial charge < -0.3 is 19.9 Å². The van der Waals surface area contributed by atoms with Gasteiger partial charge in [0.1, 0.15) is 5.56 Å². The number of pyridine rings is 1. The predicted molar refractivity (Wildman–Crippen MR) is 118 cm³/mol. The molecule has 2 heterocycles. The minimum absolute atomic E-state index is 0.00121. The second-order valence-electron chi connectivity index (χ2n) is 7.42. The van der Waals surface area contributed by atoms with Crippen LogP contribution in [0.25, 0.3) is 11.3 Å². The van der Waals surface area contributed by atoms with E-state index in [4.69, 9.17) is 4.74 Å². The van der Waals surface area contributed by atoms with Crippen LogP contribution in [0, 0.1) is 6.92 Å². The molecule has 7 heteroatoms. The first kappa shape index (κ1) is 20.6. The lowest BCUT2D eigenvalue weighted by Gasteiger charge is -2.27. The van der Waals surface area contributed by atoms with Crippen LogP contribution < -0.4 is 10.9 Å². The summed E-state index contributed by atoms with van der Waals surface area (Å²) < 4.78 is 5.28. The first-order chi connectivity index (χ1) is 15.0. The van der Waals surface area contributed by atoms with E-state index in [0.717, 1.165) is 11.1 Å². The van der Waals surface area contributed by atoms with Gasteiger partial charge in [-0.2, -0.15) is 0 Å². The van der Waals surface area contributed by atoms with Crippen LogP contribution in [0.2, 0.25) is 0 Å². The molecule has 0 radical (unpaired) electrons. The molecule has 31 heavy (non-hydrogen) atoms. The van der Waals surface area contributed by atoms with Crippen molar-refractivity contribution in [3.8, 4) is 11.3 Å². The van der Waals surface area contributed by atoms with E-state index >= 15 is 0 Å². The van der Waals surface area contributed by atoms with Gasteiger partial charge in [-0.15, -0.1) is 0 Å². The molecule has 1 aliphatic heterocycles. The Balaban J connectivity index is 1.50. The molecule has 158 valence electrons. The molecule has 7 nitrogen and oxygen atoms in total. The molecule has 0 atom stereocenters. The molecule has 0 aliphatic carbocycles. The van der Waals surface area contributed by atoms with E-state index in [1.807, 2.05) is 31.2 Å². The number of ether oxygens (including phenoxy) is 1. The van der Waals surface area contributed by atoms with Crippen molar-refractivity contribution in [2.75, 3.05) is 31.6 Å². The quantitative estimate of drug-likeness (QED) is 0.683. The fourth-order valence-electron chi connectivity index (χ4n) is 3.51. The van der Waals surface area contributed by atoms with Crippen LogP contribution in [0.1, 0.15) is 26.3 Å². The molecule has 1 saturated heterocycles. The predicted octanol–water partition coefficient (Wildman–Crippen LogP) is 3.08. The van der Waals surface area contributed by atoms with Crippen LogP contribution in [0.5, 0.6) is 0 Å². The van der Waals surface area contributed by atoms with Gasteiger partial charge >= 0.3 is 0 Å². The summed E-state index contributed by atoms with van der Waals surface area (Å²) in [6.45, 7) is 4.09. The van der Waals surface area contributed by atoms with E-state index in [1.54, 1.807) is 35.2 Å². The Morgan fingerprint density at radius 2 is 1.77 bits per heavy atom. The minimum Gasteiger partial charge on any atom is -0.378 e. The number of hydrogen-bond donors (Lipinski definition) is 2. The number of amides is 2. The third-order valence-corrected chi connectivity index (χ3v) is 5.15. The van der Waals surface area contributed by atoms with Crippen molar-refractivity contribution in [3.05, 3.63) is 87.7 Å². The first-order valence-corrected chi connectivity index (χ1v) is 10.1. The molecule has 1 aliphatic rings. The summed E-state index contributed by atoms with van der Waals surface area (Å²) >= 11 is 0. The van der Waals surface area contributed by atoms with E-state index in [9.17, 15) is 14.4 Å². The Hall–Kier alpha value is -3.71. The highest BCUT2D eigenvalue weighted by Gasteiger charge is 2.19. The fourth-order valence-corrected chi connectivity index (χ4v) is 3.51. The zero-order valence-electron chi connectivity index (χ0n) is 17.2. The number of nitrogens with zero attached hydrogens (tertiary/aromatic N) is 1. The number of H-pyrrole nitrogens is 1. The zero-order valence-corrected chi connectivity index (χ0v) is 17.2. The maximum atomic E-state index is 12.7. The minimum atomic E-state index is -0.534. The molecule has 1 fully saturated rings. The molecule has 2 aromatic carbocycles. The topological polar surface area (TPSA) is 91.5 Å². The largest absolute Gasteiger partial charge is 0.378 e. The van der Waals surface area contributed by atoms with Gasteiger partial charge in [0.2, 0.25) is 0 Å². The van der Waals surface area contributed by atoms with Crippen molar-refractivity contribution >= 4 is 17.5 Å². The van der Waals surface area contributed by atoms with Gasteiger partial charge in [0.25, 0.3) is 17.4 Å². The average Bonchev–Trinajstić information content (AvgIpc) is 2.79. The van der Waals surface area contributed by atoms with E-state index in [-0.39, 0.29) is 11.5 Å². The Bertz CT molecular complexity index is 1180. The maximum absolute atomic E-state index is 12.7. The summed E-state index contributed by atoms with van der Waals surface area (Å²) in [5, 5.41) is 2.71. The highest BCUT2D eigenvalue weighted by atomic mass is 16.5. The summed E-state index contributed by atoms with van der Waals surface area (Å²) in [7, 11) is 0. The van der Waals surface area contributed by atoms with Crippen molar-refractivity contribution in [2.45, 2.75) is 6.92 Å². The van der Waals surface area contributed by atoms with E-state index in [0.29, 0.717) is 43.2 Å². The van der Waals surface area contributed by atoms with Crippen molar-refractivity contribution in [1.82, 2.24) is 9.88 Å². The van der Waals surface area contributed by atoms with Gasteiger partial charge in [-0.05, 0) is 48.9 Å². The number of carbonyl (C=O) groups is 2. The van der Waals surface area contributed by atoms with Crippen LogP contribution in [-0.4, -0.2) is 48.0 Å². The second-order valence-corrected chi connectivity index (χ2v) is 7.42. The molecule has 3 aromatic rings. The summed E-state index contributed by atoms with van der Waals surface area (Å²) in [5.41, 5.74) is 3.04. The monoisotopic (exact) mass is 417 g/mol. The van der Waals surface area contributed by atoms with E-state index in [2.05, 4.69) is 10.3 Å². The smallest absolute Gasteiger partial charge is 0.261 e. The Kier molecular flexibility index (Phi) is 5.95. The molecule has 1 aromatic heterocycles. The van der Waals surface area contributed by atoms with Gasteiger partial charge in [0, 0.05) is 30.0 Å². The molecule has 0 unspecified atom stereocenters. The van der Waals surface area contributed by atoms with Gasteiger partial charge in [-0.25, -0.2) is 0 Å². The Morgan fingerprint density at radius 1 is 1.00 bits per heavy atom. The molecule has 0 bridgehead atoms. The van der Waals surface area contributed by atoms with Gasteiger partial charge in [-0.3, -0.25) is 14.4 Å². The third-order valence-electron chi connectivity index (χ3n) is 5.15. The highest BCUT2D eigenvalue weighted by molar-refractivity contribution is 6.05. The van der Waals surface area contributed by atoms with Crippen molar-refractivity contribution in [3.63, 3.8) is 0 Å². The van der Waals surface area contributed by atoms with Crippen LogP contribution >= 0.6 is 0 Å². The molecule has 2 amide bonds. The zero-order chi connectivity index (χ0) is 21.8. The second kappa shape index (κ2) is 8.97. The number of aryl methyl sites for hydroxylation is 1. The number of anilines is 1. The number of morpholine rings is 1. The fraction of sp³-hybridized carbons (Fsp3) is 0.208. The van der Waals surface area contributed by atoms with Crippen LogP contribution in [-0.2, 0) is 4.74 Å². The van der Waals surface area contributed by atoms with E-state index in [1.165, 1.54) is 6.07 Å². The lowest BCUT2D eigenvalue weighted by atomic mass is 10.1. The number of carbonyl (C=O) groups excluding carboxylic acids is 2. The number of hydrogen-bond acceptors (Lipinski definition) is 4. The van der Waals surface area contributed by atoms with Gasteiger partial charge in [0.05, 0.1) is 13.2 Å². The number of nitrogens with one attached hydrogen (secondary N) is 2. The molecular formula is C24H23N3O4. The third kappa shape index (κ3) is 4.73. The first-order valence-electron chi connectivity index (χ1n) is 10.1. The lowest BCUT2D eigenvalue weighted by molar-refractivity contribution is 0.0303. The Labute approximate surface area is 179 Å². The molecule has 2 N–H and O–H groups in total. The van der Waals surface area contributed by atoms with E-state index < -0.39 is 11.5 Å².